The van der Waals surface area contributed by atoms with Crippen molar-refractivity contribution < 1.29 is 20.3 Å². The molecule has 3 aromatic rings. The minimum absolute atomic E-state index is 0.174. The van der Waals surface area contributed by atoms with E-state index in [4.69, 9.17) is 0 Å². The van der Waals surface area contributed by atoms with E-state index in [1.54, 1.807) is 22.3 Å². The van der Waals surface area contributed by atoms with Crippen molar-refractivity contribution in [3.05, 3.63) is 99.6 Å². The van der Waals surface area contributed by atoms with Gasteiger partial charge >= 0.3 is 212 Å². The number of hydrogen-bond donors (Lipinski definition) is 0. The molecule has 0 nitrogen and oxygen atoms in total. The Morgan fingerprint density at radius 3 is 1.68 bits per heavy atom. The molecular weight excluding hydrogens is 488 g/mol. The Hall–Kier alpha value is -1.72. The van der Waals surface area contributed by atoms with Gasteiger partial charge in [0.2, 0.25) is 0 Å². The first-order valence-electron chi connectivity index (χ1n) is 13.1. The van der Waals surface area contributed by atoms with Gasteiger partial charge in [-0.3, -0.25) is 0 Å². The van der Waals surface area contributed by atoms with Crippen LogP contribution in [-0.4, -0.2) is 0 Å². The van der Waals surface area contributed by atoms with E-state index in [0.717, 1.165) is 3.63 Å². The van der Waals surface area contributed by atoms with Crippen molar-refractivity contribution in [2.24, 2.45) is 0 Å². The summed E-state index contributed by atoms with van der Waals surface area (Å²) >= 11 is -2.62. The van der Waals surface area contributed by atoms with E-state index in [0.29, 0.717) is 3.63 Å². The monoisotopic (exact) mass is 524 g/mol. The minimum atomic E-state index is -2.62. The third kappa shape index (κ3) is 3.33. The van der Waals surface area contributed by atoms with Crippen molar-refractivity contribution in [2.45, 2.75) is 74.8 Å². The Balaban J connectivity index is 1.58. The molecule has 1 unspecified atom stereocenters. The summed E-state index contributed by atoms with van der Waals surface area (Å²) in [6.07, 6.45) is 2.50. The predicted molar refractivity (Wildman–Crippen MR) is 144 cm³/mol. The second kappa shape index (κ2) is 7.40. The number of fused-ring (bicyclic) bond motifs is 4. The number of rotatable bonds is 2. The van der Waals surface area contributed by atoms with Crippen molar-refractivity contribution in [3.8, 4) is 11.1 Å². The van der Waals surface area contributed by atoms with Gasteiger partial charge < -0.3 is 0 Å². The molecule has 1 saturated heterocycles. The molecule has 1 aliphatic heterocycles. The SMILES string of the molecule is CC1=Cc2ccccc2[CH]1[Zr]1([CH]2c3cc(C(C)(C)C)ccc3-c3ccc(C(C)(C)C)cc32)[CH2][CH2]1. The number of allylic oxidation sites excluding steroid dienone is 1. The Kier molecular flexibility index (Phi) is 4.94. The Morgan fingerprint density at radius 2 is 1.18 bits per heavy atom. The van der Waals surface area contributed by atoms with Crippen molar-refractivity contribution in [1.82, 2.24) is 0 Å². The normalized spacial score (nSPS) is 20.6. The topological polar surface area (TPSA) is 0 Å². The first kappa shape index (κ1) is 22.7. The molecule has 6 rings (SSSR count). The zero-order chi connectivity index (χ0) is 24.0. The molecule has 0 aromatic heterocycles. The molecule has 0 bridgehead atoms. The van der Waals surface area contributed by atoms with Crippen LogP contribution in [0.4, 0.5) is 0 Å². The first-order valence-corrected chi connectivity index (χ1v) is 19.4. The van der Waals surface area contributed by atoms with E-state index in [1.165, 1.54) is 36.1 Å². The molecular formula is C33H38Zr. The molecule has 1 atom stereocenters. The van der Waals surface area contributed by atoms with E-state index in [2.05, 4.69) is 115 Å². The van der Waals surface area contributed by atoms with Crippen LogP contribution in [0.15, 0.2) is 66.2 Å². The van der Waals surface area contributed by atoms with Gasteiger partial charge in [0.1, 0.15) is 0 Å². The fourth-order valence-corrected chi connectivity index (χ4v) is 24.3. The van der Waals surface area contributed by atoms with Crippen molar-refractivity contribution >= 4 is 6.08 Å². The van der Waals surface area contributed by atoms with Crippen LogP contribution in [0.2, 0.25) is 8.26 Å². The fraction of sp³-hybridized carbons (Fsp3) is 0.394. The van der Waals surface area contributed by atoms with Gasteiger partial charge in [-0.25, -0.2) is 0 Å². The van der Waals surface area contributed by atoms with Gasteiger partial charge in [-0.2, -0.15) is 0 Å². The van der Waals surface area contributed by atoms with E-state index in [-0.39, 0.29) is 10.8 Å². The number of benzene rings is 3. The molecule has 174 valence electrons. The van der Waals surface area contributed by atoms with Crippen LogP contribution < -0.4 is 0 Å². The van der Waals surface area contributed by atoms with Crippen LogP contribution in [0.3, 0.4) is 0 Å². The van der Waals surface area contributed by atoms with Crippen molar-refractivity contribution in [2.75, 3.05) is 0 Å². The van der Waals surface area contributed by atoms with E-state index in [9.17, 15) is 0 Å². The third-order valence-electron chi connectivity index (χ3n) is 8.87. The molecule has 3 aromatic carbocycles. The standard InChI is InChI=1S/C21H25.C10H9.C2H4.Zr/c1-20(2,3)16-7-9-18-14(12-16)11-15-13-17(21(4,5)6)8-10-19(15)18;1-8-6-9-4-2-3-5-10(9)7-8;1-2;/h7-13H,1-6H3;2-7H,1H3;1-2H2;. The summed E-state index contributed by atoms with van der Waals surface area (Å²) in [5, 5.41) is 0. The van der Waals surface area contributed by atoms with Gasteiger partial charge in [0.05, 0.1) is 0 Å². The van der Waals surface area contributed by atoms with Gasteiger partial charge in [-0.1, -0.05) is 0 Å². The summed E-state index contributed by atoms with van der Waals surface area (Å²) in [7, 11) is 0. The molecule has 1 fully saturated rings. The van der Waals surface area contributed by atoms with Gasteiger partial charge in [0.25, 0.3) is 0 Å². The Morgan fingerprint density at radius 1 is 0.647 bits per heavy atom. The third-order valence-corrected chi connectivity index (χ3v) is 22.0. The van der Waals surface area contributed by atoms with Gasteiger partial charge in [-0.05, 0) is 0 Å². The quantitative estimate of drug-likeness (QED) is 0.312. The molecule has 3 aliphatic rings. The molecule has 2 aliphatic carbocycles. The summed E-state index contributed by atoms with van der Waals surface area (Å²) in [6.45, 7) is 16.6. The molecule has 0 radical (unpaired) electrons. The molecule has 0 amide bonds. The van der Waals surface area contributed by atoms with Crippen LogP contribution in [-0.2, 0) is 31.1 Å². The molecule has 34 heavy (non-hydrogen) atoms. The van der Waals surface area contributed by atoms with Crippen LogP contribution in [0.1, 0.15) is 89.1 Å². The first-order chi connectivity index (χ1) is 16.0. The number of hydrogen-bond acceptors (Lipinski definition) is 0. The summed E-state index contributed by atoms with van der Waals surface area (Å²) in [5.41, 5.74) is 14.5. The summed E-state index contributed by atoms with van der Waals surface area (Å²) in [6, 6.07) is 24.2. The maximum absolute atomic E-state index is 2.62. The summed E-state index contributed by atoms with van der Waals surface area (Å²) in [4.78, 5) is 0. The molecule has 0 saturated carbocycles. The second-order valence-corrected chi connectivity index (χ2v) is 24.6. The van der Waals surface area contributed by atoms with E-state index >= 15 is 0 Å². The van der Waals surface area contributed by atoms with Gasteiger partial charge in [-0.15, -0.1) is 0 Å². The fourth-order valence-electron chi connectivity index (χ4n) is 6.94. The van der Waals surface area contributed by atoms with Crippen LogP contribution >= 0.6 is 0 Å². The van der Waals surface area contributed by atoms with Crippen LogP contribution in [0.5, 0.6) is 0 Å². The molecule has 1 heteroatoms. The Labute approximate surface area is 210 Å². The van der Waals surface area contributed by atoms with Crippen molar-refractivity contribution in [1.29, 1.82) is 0 Å². The van der Waals surface area contributed by atoms with E-state index in [1.807, 2.05) is 0 Å². The Bertz CT molecular complexity index is 1270. The molecule has 0 N–H and O–H groups in total. The van der Waals surface area contributed by atoms with Gasteiger partial charge in [0.15, 0.2) is 0 Å². The average molecular weight is 526 g/mol. The van der Waals surface area contributed by atoms with Crippen molar-refractivity contribution in [3.63, 3.8) is 0 Å². The zero-order valence-electron chi connectivity index (χ0n) is 21.9. The predicted octanol–water partition coefficient (Wildman–Crippen LogP) is 9.51. The maximum atomic E-state index is 2.62. The molecule has 0 spiro atoms. The second-order valence-electron chi connectivity index (χ2n) is 13.2. The van der Waals surface area contributed by atoms with Crippen LogP contribution in [0, 0.1) is 0 Å². The average Bonchev–Trinajstić information content (AvgIpc) is 3.36. The summed E-state index contributed by atoms with van der Waals surface area (Å²) < 4.78 is 4.43. The van der Waals surface area contributed by atoms with Crippen LogP contribution in [0.25, 0.3) is 17.2 Å². The van der Waals surface area contributed by atoms with E-state index < -0.39 is 20.3 Å². The summed E-state index contributed by atoms with van der Waals surface area (Å²) in [5.74, 6) is 0. The zero-order valence-corrected chi connectivity index (χ0v) is 24.4. The molecule has 1 heterocycles. The van der Waals surface area contributed by atoms with Gasteiger partial charge in [0, 0.05) is 0 Å².